The van der Waals surface area contributed by atoms with Gasteiger partial charge in [0.25, 0.3) is 0 Å². The highest BCUT2D eigenvalue weighted by Gasteiger charge is 2.42. The van der Waals surface area contributed by atoms with E-state index in [0.717, 1.165) is 32.5 Å². The molecule has 0 aromatic carbocycles. The zero-order valence-electron chi connectivity index (χ0n) is 15.4. The Labute approximate surface area is 164 Å². The van der Waals surface area contributed by atoms with Crippen molar-refractivity contribution in [1.29, 1.82) is 0 Å². The lowest BCUT2D eigenvalue weighted by atomic mass is 9.74. The van der Waals surface area contributed by atoms with E-state index in [2.05, 4.69) is 18.7 Å². The molecule has 1 atom stereocenters. The predicted octanol–water partition coefficient (Wildman–Crippen LogP) is 2.01. The van der Waals surface area contributed by atoms with Crippen molar-refractivity contribution < 1.29 is 19.9 Å². The fourth-order valence-corrected chi connectivity index (χ4v) is 3.34. The summed E-state index contributed by atoms with van der Waals surface area (Å²) in [5.41, 5.74) is 5.07. The van der Waals surface area contributed by atoms with Crippen LogP contribution in [0.25, 0.3) is 0 Å². The van der Waals surface area contributed by atoms with Crippen LogP contribution < -0.4 is 5.73 Å². The quantitative estimate of drug-likeness (QED) is 0.330. The molecule has 1 rings (SSSR count). The van der Waals surface area contributed by atoms with Crippen LogP contribution in [-0.4, -0.2) is 58.3 Å². The van der Waals surface area contributed by atoms with E-state index in [9.17, 15) is 9.90 Å². The topological polar surface area (TPSA) is 107 Å². The lowest BCUT2D eigenvalue weighted by Crippen LogP contribution is -2.57. The maximum Gasteiger partial charge on any atom is 0.451 e. The first-order chi connectivity index (χ1) is 10.8. The lowest BCUT2D eigenvalue weighted by molar-refractivity contribution is -0.147. The van der Waals surface area contributed by atoms with Crippen molar-refractivity contribution in [2.75, 3.05) is 19.6 Å². The van der Waals surface area contributed by atoms with Crippen LogP contribution in [-0.2, 0) is 4.79 Å². The van der Waals surface area contributed by atoms with Crippen molar-refractivity contribution in [3.8, 4) is 0 Å². The van der Waals surface area contributed by atoms with Crippen LogP contribution in [0.4, 0.5) is 0 Å². The number of likely N-dealkylation sites (tertiary alicyclic amines) is 1. The number of carboxylic acid groups (broad SMARTS) is 1. The third-order valence-electron chi connectivity index (χ3n) is 5.04. The molecule has 1 fully saturated rings. The number of nitrogens with zero attached hydrogens (tertiary/aromatic N) is 1. The molecule has 0 spiro atoms. The minimum absolute atomic E-state index is 0. The molecular weight excluding hydrogens is 366 g/mol. The average molecular weight is 401 g/mol. The van der Waals surface area contributed by atoms with Gasteiger partial charge < -0.3 is 25.8 Å². The summed E-state index contributed by atoms with van der Waals surface area (Å²) in [5, 5.41) is 27.3. The van der Waals surface area contributed by atoms with Crippen LogP contribution in [0, 0.1) is 11.8 Å². The van der Waals surface area contributed by atoms with Crippen LogP contribution in [0.1, 0.15) is 52.4 Å². The molecule has 0 aromatic heterocycles. The Morgan fingerprint density at radius 2 is 1.80 bits per heavy atom. The molecular formula is C16H35BCl2N2O4. The number of carboxylic acids is 1. The van der Waals surface area contributed by atoms with Gasteiger partial charge in [-0.3, -0.25) is 4.79 Å². The Kier molecular flexibility index (Phi) is 14.3. The summed E-state index contributed by atoms with van der Waals surface area (Å²) < 4.78 is 0. The second-order valence-corrected chi connectivity index (χ2v) is 7.37. The first-order valence-electron chi connectivity index (χ1n) is 8.86. The molecule has 5 N–H and O–H groups in total. The zero-order chi connectivity index (χ0) is 17.5. The molecule has 0 bridgehead atoms. The molecule has 1 heterocycles. The molecule has 0 aliphatic carbocycles. The second kappa shape index (κ2) is 13.2. The first kappa shape index (κ1) is 27.2. The van der Waals surface area contributed by atoms with Gasteiger partial charge in [0.15, 0.2) is 0 Å². The fraction of sp³-hybridized carbons (Fsp3) is 0.938. The van der Waals surface area contributed by atoms with Gasteiger partial charge in [0, 0.05) is 0 Å². The molecule has 1 aliphatic rings. The highest BCUT2D eigenvalue weighted by atomic mass is 35.5. The van der Waals surface area contributed by atoms with E-state index >= 15 is 0 Å². The van der Waals surface area contributed by atoms with Crippen molar-refractivity contribution in [2.45, 2.75) is 64.2 Å². The summed E-state index contributed by atoms with van der Waals surface area (Å²) in [6.45, 7) is 7.33. The Balaban J connectivity index is 0. The van der Waals surface area contributed by atoms with Gasteiger partial charge in [-0.15, -0.1) is 24.8 Å². The molecule has 0 amide bonds. The first-order valence-corrected chi connectivity index (χ1v) is 8.86. The van der Waals surface area contributed by atoms with E-state index in [0.29, 0.717) is 25.2 Å². The van der Waals surface area contributed by atoms with Gasteiger partial charge in [-0.1, -0.05) is 26.7 Å². The van der Waals surface area contributed by atoms with Crippen LogP contribution in [0.3, 0.4) is 0 Å². The van der Waals surface area contributed by atoms with Gasteiger partial charge in [-0.05, 0) is 63.5 Å². The minimum Gasteiger partial charge on any atom is -0.480 e. The standard InChI is InChI=1S/C16H33BN2O4.2ClH/c1-13(2)5-10-19-11-6-14(7-12-19)16(18,15(20)21)8-3-4-9-17(22)23;;/h13-14,22-23H,3-12,18H2,1-2H3,(H,20,21);2*1H. The van der Waals surface area contributed by atoms with Crippen LogP contribution in [0.15, 0.2) is 0 Å². The van der Waals surface area contributed by atoms with Crippen molar-refractivity contribution in [1.82, 2.24) is 4.90 Å². The number of aliphatic carboxylic acids is 1. The SMILES string of the molecule is CC(C)CCN1CCC(C(N)(CCCCB(O)O)C(=O)O)CC1.Cl.Cl. The maximum absolute atomic E-state index is 11.7. The lowest BCUT2D eigenvalue weighted by Gasteiger charge is -2.40. The molecule has 9 heteroatoms. The number of unbranched alkanes of at least 4 members (excludes halogenated alkanes) is 1. The Morgan fingerprint density at radius 3 is 2.24 bits per heavy atom. The third-order valence-corrected chi connectivity index (χ3v) is 5.04. The van der Waals surface area contributed by atoms with Gasteiger partial charge in [-0.25, -0.2) is 0 Å². The average Bonchev–Trinajstić information content (AvgIpc) is 2.49. The number of hydrogen-bond acceptors (Lipinski definition) is 5. The molecule has 1 unspecified atom stereocenters. The fourth-order valence-electron chi connectivity index (χ4n) is 3.34. The summed E-state index contributed by atoms with van der Waals surface area (Å²) >= 11 is 0. The molecule has 1 aliphatic heterocycles. The van der Waals surface area contributed by atoms with Gasteiger partial charge in [-0.2, -0.15) is 0 Å². The number of piperidine rings is 1. The van der Waals surface area contributed by atoms with E-state index in [4.69, 9.17) is 15.8 Å². The van der Waals surface area contributed by atoms with E-state index in [1.54, 1.807) is 0 Å². The summed E-state index contributed by atoms with van der Waals surface area (Å²) in [5.74, 6) is -0.251. The monoisotopic (exact) mass is 400 g/mol. The molecule has 150 valence electrons. The second-order valence-electron chi connectivity index (χ2n) is 7.37. The van der Waals surface area contributed by atoms with Gasteiger partial charge >= 0.3 is 13.1 Å². The number of carbonyl (C=O) groups is 1. The predicted molar refractivity (Wildman–Crippen MR) is 107 cm³/mol. The van der Waals surface area contributed by atoms with Gasteiger partial charge in [0.1, 0.15) is 5.54 Å². The van der Waals surface area contributed by atoms with Crippen molar-refractivity contribution in [3.05, 3.63) is 0 Å². The highest BCUT2D eigenvalue weighted by molar-refractivity contribution is 6.40. The molecule has 6 nitrogen and oxygen atoms in total. The van der Waals surface area contributed by atoms with E-state index in [1.165, 1.54) is 6.42 Å². The molecule has 0 saturated carbocycles. The number of nitrogens with two attached hydrogens (primary N) is 1. The smallest absolute Gasteiger partial charge is 0.451 e. The normalized spacial score (nSPS) is 18.2. The van der Waals surface area contributed by atoms with Crippen molar-refractivity contribution in [2.24, 2.45) is 17.6 Å². The maximum atomic E-state index is 11.7. The van der Waals surface area contributed by atoms with E-state index < -0.39 is 18.6 Å². The largest absolute Gasteiger partial charge is 0.480 e. The minimum atomic E-state index is -1.32. The number of hydrogen-bond donors (Lipinski definition) is 4. The molecule has 25 heavy (non-hydrogen) atoms. The van der Waals surface area contributed by atoms with Crippen LogP contribution >= 0.6 is 24.8 Å². The van der Waals surface area contributed by atoms with Crippen LogP contribution in [0.5, 0.6) is 0 Å². The van der Waals surface area contributed by atoms with Crippen LogP contribution in [0.2, 0.25) is 6.32 Å². The van der Waals surface area contributed by atoms with E-state index in [1.807, 2.05) is 0 Å². The van der Waals surface area contributed by atoms with E-state index in [-0.39, 0.29) is 37.1 Å². The third kappa shape index (κ3) is 9.45. The summed E-state index contributed by atoms with van der Waals surface area (Å²) in [6.07, 6.45) is 4.66. The summed E-state index contributed by atoms with van der Waals surface area (Å²) in [7, 11) is -1.32. The molecule has 0 radical (unpaired) electrons. The summed E-state index contributed by atoms with van der Waals surface area (Å²) in [4.78, 5) is 14.1. The van der Waals surface area contributed by atoms with Gasteiger partial charge in [0.05, 0.1) is 0 Å². The van der Waals surface area contributed by atoms with Gasteiger partial charge in [0.2, 0.25) is 0 Å². The number of halogens is 2. The number of rotatable bonds is 10. The Morgan fingerprint density at radius 1 is 1.24 bits per heavy atom. The van der Waals surface area contributed by atoms with Crippen molar-refractivity contribution >= 4 is 37.9 Å². The molecule has 1 saturated heterocycles. The Hall–Kier alpha value is -0.0451. The highest BCUT2D eigenvalue weighted by Crippen LogP contribution is 2.31. The van der Waals surface area contributed by atoms with Crippen molar-refractivity contribution in [3.63, 3.8) is 0 Å². The summed E-state index contributed by atoms with van der Waals surface area (Å²) in [6, 6.07) is 0. The molecule has 0 aromatic rings. The zero-order valence-corrected chi connectivity index (χ0v) is 17.0. The Bertz CT molecular complexity index is 370.